The molecule has 1 saturated heterocycles. The number of hydrogen-bond donors (Lipinski definition) is 0. The standard InChI is InChI=1S/C18H21NO10/c1-9-15(26-10(2)20)16(27-11(3)21)17(28-12(4)22)18(25-9)29-14-8-6-5-7-13(14)19(23)24/h5-9,15-18H,1-4H3. The summed E-state index contributed by atoms with van der Waals surface area (Å²) < 4.78 is 27.0. The van der Waals surface area contributed by atoms with Gasteiger partial charge in [-0.15, -0.1) is 0 Å². The zero-order valence-corrected chi connectivity index (χ0v) is 16.2. The lowest BCUT2D eigenvalue weighted by atomic mass is 9.99. The number of benzene rings is 1. The number of para-hydroxylation sites is 2. The van der Waals surface area contributed by atoms with Crippen molar-refractivity contribution in [2.75, 3.05) is 0 Å². The van der Waals surface area contributed by atoms with Gasteiger partial charge >= 0.3 is 23.6 Å². The summed E-state index contributed by atoms with van der Waals surface area (Å²) >= 11 is 0. The van der Waals surface area contributed by atoms with E-state index in [4.69, 9.17) is 23.7 Å². The number of nitro benzene ring substituents is 1. The quantitative estimate of drug-likeness (QED) is 0.293. The molecule has 0 spiro atoms. The molecule has 1 fully saturated rings. The second kappa shape index (κ2) is 9.32. The molecule has 5 unspecified atom stereocenters. The number of ether oxygens (including phenoxy) is 5. The van der Waals surface area contributed by atoms with Crippen LogP contribution in [0.3, 0.4) is 0 Å². The average molecular weight is 411 g/mol. The van der Waals surface area contributed by atoms with E-state index in [2.05, 4.69) is 0 Å². The lowest BCUT2D eigenvalue weighted by molar-refractivity contribution is -0.387. The number of hydrogen-bond acceptors (Lipinski definition) is 10. The van der Waals surface area contributed by atoms with Crippen molar-refractivity contribution >= 4 is 23.6 Å². The van der Waals surface area contributed by atoms with E-state index in [1.807, 2.05) is 0 Å². The normalized spacial score (nSPS) is 26.1. The minimum atomic E-state index is -1.37. The van der Waals surface area contributed by atoms with Gasteiger partial charge < -0.3 is 23.7 Å². The first kappa shape index (κ1) is 22.1. The van der Waals surface area contributed by atoms with Gasteiger partial charge in [0.1, 0.15) is 0 Å². The highest BCUT2D eigenvalue weighted by Crippen LogP contribution is 2.33. The van der Waals surface area contributed by atoms with Crippen LogP contribution in [0, 0.1) is 10.1 Å². The van der Waals surface area contributed by atoms with Crippen molar-refractivity contribution in [1.82, 2.24) is 0 Å². The Kier molecular flexibility index (Phi) is 7.10. The highest BCUT2D eigenvalue weighted by molar-refractivity contribution is 5.68. The van der Waals surface area contributed by atoms with E-state index in [0.717, 1.165) is 20.8 Å². The lowest BCUT2D eigenvalue weighted by Crippen LogP contribution is -2.62. The fourth-order valence-electron chi connectivity index (χ4n) is 2.90. The number of esters is 3. The first-order valence-corrected chi connectivity index (χ1v) is 8.67. The maximum Gasteiger partial charge on any atom is 0.311 e. The highest BCUT2D eigenvalue weighted by Gasteiger charge is 2.51. The molecule has 158 valence electrons. The molecule has 0 radical (unpaired) electrons. The van der Waals surface area contributed by atoms with Crippen LogP contribution in [0.25, 0.3) is 0 Å². The van der Waals surface area contributed by atoms with Gasteiger partial charge in [-0.05, 0) is 13.0 Å². The van der Waals surface area contributed by atoms with E-state index in [9.17, 15) is 24.5 Å². The van der Waals surface area contributed by atoms with Crippen LogP contribution >= 0.6 is 0 Å². The monoisotopic (exact) mass is 411 g/mol. The third-order valence-electron chi connectivity index (χ3n) is 3.94. The lowest BCUT2D eigenvalue weighted by Gasteiger charge is -2.43. The fraction of sp³-hybridized carbons (Fsp3) is 0.500. The Morgan fingerprint density at radius 1 is 0.931 bits per heavy atom. The van der Waals surface area contributed by atoms with Gasteiger partial charge in [-0.3, -0.25) is 24.5 Å². The molecule has 1 aromatic carbocycles. The molecule has 1 aliphatic heterocycles. The van der Waals surface area contributed by atoms with E-state index in [-0.39, 0.29) is 11.4 Å². The summed E-state index contributed by atoms with van der Waals surface area (Å²) in [6, 6.07) is 5.54. The molecule has 11 heteroatoms. The van der Waals surface area contributed by atoms with E-state index in [1.165, 1.54) is 31.2 Å². The molecule has 0 bridgehead atoms. The topological polar surface area (TPSA) is 141 Å². The zero-order valence-electron chi connectivity index (χ0n) is 16.2. The third kappa shape index (κ3) is 5.64. The van der Waals surface area contributed by atoms with Crippen molar-refractivity contribution in [2.24, 2.45) is 0 Å². The molecule has 5 atom stereocenters. The molecular weight excluding hydrogens is 390 g/mol. The Bertz CT molecular complexity index is 795. The van der Waals surface area contributed by atoms with E-state index < -0.39 is 53.5 Å². The fourth-order valence-corrected chi connectivity index (χ4v) is 2.90. The molecule has 0 amide bonds. The Morgan fingerprint density at radius 3 is 2.00 bits per heavy atom. The van der Waals surface area contributed by atoms with E-state index >= 15 is 0 Å². The summed E-state index contributed by atoms with van der Waals surface area (Å²) in [5.74, 6) is -2.27. The van der Waals surface area contributed by atoms with E-state index in [0.29, 0.717) is 0 Å². The molecular formula is C18H21NO10. The van der Waals surface area contributed by atoms with Crippen LogP contribution in [-0.2, 0) is 33.3 Å². The summed E-state index contributed by atoms with van der Waals surface area (Å²) in [6.45, 7) is 4.94. The van der Waals surface area contributed by atoms with Crippen LogP contribution < -0.4 is 4.74 Å². The van der Waals surface area contributed by atoms with Crippen molar-refractivity contribution in [3.8, 4) is 5.75 Å². The summed E-state index contributed by atoms with van der Waals surface area (Å²) in [7, 11) is 0. The van der Waals surface area contributed by atoms with Crippen LogP contribution in [0.2, 0.25) is 0 Å². The summed E-state index contributed by atoms with van der Waals surface area (Å²) in [4.78, 5) is 45.3. The molecule has 0 saturated carbocycles. The molecule has 11 nitrogen and oxygen atoms in total. The van der Waals surface area contributed by atoms with Crippen LogP contribution in [0.15, 0.2) is 24.3 Å². The van der Waals surface area contributed by atoms with Gasteiger partial charge in [0.25, 0.3) is 0 Å². The largest absolute Gasteiger partial charge is 0.456 e. The SMILES string of the molecule is CC(=O)OC1C(C)OC(Oc2ccccc2[N+](=O)[O-])C(OC(C)=O)C1OC(C)=O. The minimum absolute atomic E-state index is 0.139. The van der Waals surface area contributed by atoms with Crippen LogP contribution in [0.1, 0.15) is 27.7 Å². The molecule has 1 aromatic rings. The van der Waals surface area contributed by atoms with Crippen molar-refractivity contribution < 1.29 is 43.0 Å². The summed E-state index contributed by atoms with van der Waals surface area (Å²) in [6.07, 6.45) is -5.91. The van der Waals surface area contributed by atoms with Crippen molar-refractivity contribution in [3.05, 3.63) is 34.4 Å². The molecule has 0 N–H and O–H groups in total. The maximum atomic E-state index is 11.6. The number of rotatable bonds is 6. The Balaban J connectivity index is 2.42. The smallest absolute Gasteiger partial charge is 0.311 e. The molecule has 2 rings (SSSR count). The second-order valence-corrected chi connectivity index (χ2v) is 6.27. The first-order chi connectivity index (χ1) is 13.6. The highest BCUT2D eigenvalue weighted by atomic mass is 16.7. The molecule has 1 heterocycles. The molecule has 0 aliphatic carbocycles. The van der Waals surface area contributed by atoms with Crippen LogP contribution in [0.4, 0.5) is 5.69 Å². The van der Waals surface area contributed by atoms with Crippen LogP contribution in [-0.4, -0.2) is 53.5 Å². The molecule has 29 heavy (non-hydrogen) atoms. The zero-order chi connectivity index (χ0) is 21.7. The second-order valence-electron chi connectivity index (χ2n) is 6.27. The molecule has 1 aliphatic rings. The predicted octanol–water partition coefficient (Wildman–Crippen LogP) is 1.51. The number of carbonyl (C=O) groups excluding carboxylic acids is 3. The van der Waals surface area contributed by atoms with Crippen molar-refractivity contribution in [2.45, 2.75) is 58.4 Å². The van der Waals surface area contributed by atoms with Gasteiger partial charge in [0.15, 0.2) is 18.0 Å². The summed E-state index contributed by atoms with van der Waals surface area (Å²) in [5.41, 5.74) is -0.337. The van der Waals surface area contributed by atoms with Gasteiger partial charge in [0.2, 0.25) is 12.4 Å². The van der Waals surface area contributed by atoms with Gasteiger partial charge in [0, 0.05) is 26.8 Å². The number of nitro groups is 1. The predicted molar refractivity (Wildman–Crippen MR) is 94.7 cm³/mol. The van der Waals surface area contributed by atoms with Gasteiger partial charge in [-0.2, -0.15) is 0 Å². The van der Waals surface area contributed by atoms with Crippen molar-refractivity contribution in [1.29, 1.82) is 0 Å². The first-order valence-electron chi connectivity index (χ1n) is 8.67. The van der Waals surface area contributed by atoms with Crippen molar-refractivity contribution in [3.63, 3.8) is 0 Å². The maximum absolute atomic E-state index is 11.6. The Hall–Kier alpha value is -3.21. The van der Waals surface area contributed by atoms with Gasteiger partial charge in [-0.25, -0.2) is 0 Å². The van der Waals surface area contributed by atoms with Gasteiger partial charge in [0.05, 0.1) is 11.0 Å². The van der Waals surface area contributed by atoms with E-state index in [1.54, 1.807) is 0 Å². The number of nitrogens with zero attached hydrogens (tertiary/aromatic N) is 1. The van der Waals surface area contributed by atoms with Crippen LogP contribution in [0.5, 0.6) is 5.75 Å². The molecule has 0 aromatic heterocycles. The Morgan fingerprint density at radius 2 is 1.45 bits per heavy atom. The average Bonchev–Trinajstić information content (AvgIpc) is 2.60. The number of carbonyl (C=O) groups is 3. The Labute approximate surface area is 166 Å². The third-order valence-corrected chi connectivity index (χ3v) is 3.94. The minimum Gasteiger partial charge on any atom is -0.456 e. The summed E-state index contributed by atoms with van der Waals surface area (Å²) in [5, 5.41) is 11.2. The van der Waals surface area contributed by atoms with Gasteiger partial charge in [-0.1, -0.05) is 12.1 Å².